The standard InChI is InChI=1S/C14H16N2O/c1-10(2)17-13-5-3-4-11(8-13)14-9-12(15)6-7-16-14/h3-10H,1-2H3,(H2,15,16). The van der Waals surface area contributed by atoms with E-state index in [4.69, 9.17) is 10.5 Å². The summed E-state index contributed by atoms with van der Waals surface area (Å²) in [6.07, 6.45) is 1.87. The molecule has 2 aromatic rings. The average Bonchev–Trinajstić information content (AvgIpc) is 2.28. The van der Waals surface area contributed by atoms with Crippen molar-refractivity contribution < 1.29 is 4.74 Å². The van der Waals surface area contributed by atoms with Crippen molar-refractivity contribution in [3.63, 3.8) is 0 Å². The van der Waals surface area contributed by atoms with E-state index < -0.39 is 0 Å². The largest absolute Gasteiger partial charge is 0.491 e. The number of hydrogen-bond acceptors (Lipinski definition) is 3. The van der Waals surface area contributed by atoms with Gasteiger partial charge in [0.1, 0.15) is 5.75 Å². The Balaban J connectivity index is 2.33. The normalized spacial score (nSPS) is 10.5. The van der Waals surface area contributed by atoms with Gasteiger partial charge in [-0.05, 0) is 38.1 Å². The second-order valence-corrected chi connectivity index (χ2v) is 4.17. The van der Waals surface area contributed by atoms with E-state index in [1.165, 1.54) is 0 Å². The first-order valence-corrected chi connectivity index (χ1v) is 5.64. The second-order valence-electron chi connectivity index (χ2n) is 4.17. The van der Waals surface area contributed by atoms with Crippen LogP contribution in [0, 0.1) is 0 Å². The Morgan fingerprint density at radius 3 is 2.71 bits per heavy atom. The van der Waals surface area contributed by atoms with E-state index in [2.05, 4.69) is 4.98 Å². The average molecular weight is 228 g/mol. The van der Waals surface area contributed by atoms with Crippen LogP contribution in [0.3, 0.4) is 0 Å². The van der Waals surface area contributed by atoms with Crippen LogP contribution in [0.15, 0.2) is 42.6 Å². The number of pyridine rings is 1. The van der Waals surface area contributed by atoms with Crippen LogP contribution in [-0.2, 0) is 0 Å². The Morgan fingerprint density at radius 2 is 2.00 bits per heavy atom. The van der Waals surface area contributed by atoms with Crippen molar-refractivity contribution in [3.05, 3.63) is 42.6 Å². The SMILES string of the molecule is CC(C)Oc1cccc(-c2cc(N)ccn2)c1. The Kier molecular flexibility index (Phi) is 3.28. The molecule has 2 N–H and O–H groups in total. The second kappa shape index (κ2) is 4.87. The quantitative estimate of drug-likeness (QED) is 0.878. The monoisotopic (exact) mass is 228 g/mol. The number of aromatic nitrogens is 1. The lowest BCUT2D eigenvalue weighted by molar-refractivity contribution is 0.242. The molecular formula is C14H16N2O. The van der Waals surface area contributed by atoms with Gasteiger partial charge in [0.2, 0.25) is 0 Å². The van der Waals surface area contributed by atoms with E-state index in [9.17, 15) is 0 Å². The lowest BCUT2D eigenvalue weighted by Gasteiger charge is -2.10. The molecule has 0 spiro atoms. The molecule has 1 aromatic carbocycles. The highest BCUT2D eigenvalue weighted by atomic mass is 16.5. The van der Waals surface area contributed by atoms with Crippen molar-refractivity contribution in [2.75, 3.05) is 5.73 Å². The van der Waals surface area contributed by atoms with Gasteiger partial charge in [0, 0.05) is 17.4 Å². The highest BCUT2D eigenvalue weighted by molar-refractivity contribution is 5.64. The summed E-state index contributed by atoms with van der Waals surface area (Å²) in [7, 11) is 0. The first kappa shape index (κ1) is 11.5. The number of hydrogen-bond donors (Lipinski definition) is 1. The van der Waals surface area contributed by atoms with Gasteiger partial charge in [0.25, 0.3) is 0 Å². The molecule has 1 aromatic heterocycles. The number of nitrogens with two attached hydrogens (primary N) is 1. The smallest absolute Gasteiger partial charge is 0.120 e. The third-order valence-corrected chi connectivity index (χ3v) is 2.29. The Hall–Kier alpha value is -2.03. The molecule has 0 aliphatic rings. The molecule has 2 rings (SSSR count). The number of ether oxygens (including phenoxy) is 1. The maximum Gasteiger partial charge on any atom is 0.120 e. The fourth-order valence-corrected chi connectivity index (χ4v) is 1.61. The summed E-state index contributed by atoms with van der Waals surface area (Å²) >= 11 is 0. The Bertz CT molecular complexity index is 509. The van der Waals surface area contributed by atoms with E-state index >= 15 is 0 Å². The molecule has 88 valence electrons. The molecule has 0 saturated carbocycles. The van der Waals surface area contributed by atoms with Gasteiger partial charge >= 0.3 is 0 Å². The molecule has 1 heterocycles. The van der Waals surface area contributed by atoms with Crippen LogP contribution in [0.25, 0.3) is 11.3 Å². The minimum absolute atomic E-state index is 0.166. The van der Waals surface area contributed by atoms with Gasteiger partial charge in [-0.25, -0.2) is 0 Å². The molecule has 0 bridgehead atoms. The molecule has 17 heavy (non-hydrogen) atoms. The zero-order valence-corrected chi connectivity index (χ0v) is 10.1. The van der Waals surface area contributed by atoms with E-state index in [1.807, 2.05) is 44.2 Å². The molecule has 0 fully saturated rings. The maximum absolute atomic E-state index is 5.74. The molecule has 0 unspecified atom stereocenters. The van der Waals surface area contributed by atoms with E-state index in [-0.39, 0.29) is 6.10 Å². The van der Waals surface area contributed by atoms with Crippen LogP contribution in [0.5, 0.6) is 5.75 Å². The molecule has 3 nitrogen and oxygen atoms in total. The van der Waals surface area contributed by atoms with Gasteiger partial charge in [0.15, 0.2) is 0 Å². The fraction of sp³-hybridized carbons (Fsp3) is 0.214. The van der Waals surface area contributed by atoms with Crippen molar-refractivity contribution in [2.24, 2.45) is 0 Å². The van der Waals surface area contributed by atoms with Crippen LogP contribution in [0.1, 0.15) is 13.8 Å². The van der Waals surface area contributed by atoms with Crippen molar-refractivity contribution in [3.8, 4) is 17.0 Å². The summed E-state index contributed by atoms with van der Waals surface area (Å²) in [4.78, 5) is 4.29. The highest BCUT2D eigenvalue weighted by Crippen LogP contribution is 2.23. The summed E-state index contributed by atoms with van der Waals surface area (Å²) in [6.45, 7) is 4.01. The third kappa shape index (κ3) is 2.97. The van der Waals surface area contributed by atoms with Crippen molar-refractivity contribution in [1.29, 1.82) is 0 Å². The van der Waals surface area contributed by atoms with E-state index in [0.29, 0.717) is 5.69 Å². The number of nitrogen functional groups attached to an aromatic ring is 1. The topological polar surface area (TPSA) is 48.1 Å². The van der Waals surface area contributed by atoms with Gasteiger partial charge in [-0.3, -0.25) is 4.98 Å². The highest BCUT2D eigenvalue weighted by Gasteiger charge is 2.03. The zero-order chi connectivity index (χ0) is 12.3. The number of rotatable bonds is 3. The number of benzene rings is 1. The van der Waals surface area contributed by atoms with E-state index in [0.717, 1.165) is 17.0 Å². The maximum atomic E-state index is 5.74. The predicted octanol–water partition coefficient (Wildman–Crippen LogP) is 3.12. The third-order valence-electron chi connectivity index (χ3n) is 2.29. The minimum Gasteiger partial charge on any atom is -0.491 e. The summed E-state index contributed by atoms with van der Waals surface area (Å²) in [6, 6.07) is 11.5. The van der Waals surface area contributed by atoms with E-state index in [1.54, 1.807) is 12.3 Å². The van der Waals surface area contributed by atoms with Gasteiger partial charge in [-0.1, -0.05) is 12.1 Å². The summed E-state index contributed by atoms with van der Waals surface area (Å²) in [5, 5.41) is 0. The molecule has 0 aliphatic carbocycles. The molecule has 0 radical (unpaired) electrons. The molecule has 3 heteroatoms. The summed E-state index contributed by atoms with van der Waals surface area (Å²) < 4.78 is 5.65. The van der Waals surface area contributed by atoms with Gasteiger partial charge in [0.05, 0.1) is 11.8 Å². The minimum atomic E-state index is 0.166. The molecule has 0 saturated heterocycles. The first-order chi connectivity index (χ1) is 8.15. The number of nitrogens with zero attached hydrogens (tertiary/aromatic N) is 1. The fourth-order valence-electron chi connectivity index (χ4n) is 1.61. The molecule has 0 amide bonds. The van der Waals surface area contributed by atoms with Crippen molar-refractivity contribution in [2.45, 2.75) is 20.0 Å². The van der Waals surface area contributed by atoms with Crippen LogP contribution in [0.2, 0.25) is 0 Å². The lowest BCUT2D eigenvalue weighted by atomic mass is 10.1. The van der Waals surface area contributed by atoms with Crippen LogP contribution in [-0.4, -0.2) is 11.1 Å². The summed E-state index contributed by atoms with van der Waals surface area (Å²) in [5.41, 5.74) is 8.33. The van der Waals surface area contributed by atoms with Gasteiger partial charge in [-0.2, -0.15) is 0 Å². The van der Waals surface area contributed by atoms with Crippen molar-refractivity contribution >= 4 is 5.69 Å². The zero-order valence-electron chi connectivity index (χ0n) is 10.1. The lowest BCUT2D eigenvalue weighted by Crippen LogP contribution is -2.05. The Labute approximate surface area is 101 Å². The first-order valence-electron chi connectivity index (χ1n) is 5.64. The van der Waals surface area contributed by atoms with Crippen molar-refractivity contribution in [1.82, 2.24) is 4.98 Å². The Morgan fingerprint density at radius 1 is 1.18 bits per heavy atom. The molecule has 0 atom stereocenters. The van der Waals surface area contributed by atoms with Crippen LogP contribution < -0.4 is 10.5 Å². The van der Waals surface area contributed by atoms with Crippen LogP contribution in [0.4, 0.5) is 5.69 Å². The van der Waals surface area contributed by atoms with Gasteiger partial charge < -0.3 is 10.5 Å². The molecule has 0 aliphatic heterocycles. The van der Waals surface area contributed by atoms with Gasteiger partial charge in [-0.15, -0.1) is 0 Å². The summed E-state index contributed by atoms with van der Waals surface area (Å²) in [5.74, 6) is 0.849. The predicted molar refractivity (Wildman–Crippen MR) is 69.8 cm³/mol. The number of anilines is 1. The molecular weight excluding hydrogens is 212 g/mol. The van der Waals surface area contributed by atoms with Crippen LogP contribution >= 0.6 is 0 Å².